The number of esters is 1. The first-order valence-electron chi connectivity index (χ1n) is 14.1. The van der Waals surface area contributed by atoms with Gasteiger partial charge in [0.05, 0.1) is 18.8 Å². The van der Waals surface area contributed by atoms with E-state index in [4.69, 9.17) is 9.47 Å². The zero-order chi connectivity index (χ0) is 23.6. The highest BCUT2D eigenvalue weighted by molar-refractivity contribution is 5.89. The van der Waals surface area contributed by atoms with Crippen molar-refractivity contribution in [2.24, 2.45) is 11.8 Å². The van der Waals surface area contributed by atoms with Crippen molar-refractivity contribution in [3.8, 4) is 5.75 Å². The fourth-order valence-corrected chi connectivity index (χ4v) is 5.05. The lowest BCUT2D eigenvalue weighted by atomic mass is 9.78. The highest BCUT2D eigenvalue weighted by Crippen LogP contribution is 2.34. The summed E-state index contributed by atoms with van der Waals surface area (Å²) in [6, 6.07) is 7.42. The summed E-state index contributed by atoms with van der Waals surface area (Å²) < 4.78 is 11.3. The normalized spacial score (nSPS) is 18.2. The summed E-state index contributed by atoms with van der Waals surface area (Å²) in [7, 11) is 0. The highest BCUT2D eigenvalue weighted by atomic mass is 16.5. The average Bonchev–Trinajstić information content (AvgIpc) is 2.85. The zero-order valence-corrected chi connectivity index (χ0v) is 21.6. The van der Waals surface area contributed by atoms with E-state index in [9.17, 15) is 4.79 Å². The Labute approximate surface area is 204 Å². The van der Waals surface area contributed by atoms with E-state index in [0.717, 1.165) is 43.5 Å². The Hall–Kier alpha value is -1.51. The molecule has 0 spiro atoms. The molecule has 0 heterocycles. The summed E-state index contributed by atoms with van der Waals surface area (Å²) >= 11 is 0. The van der Waals surface area contributed by atoms with E-state index in [2.05, 4.69) is 13.8 Å². The van der Waals surface area contributed by atoms with Crippen LogP contribution < -0.4 is 4.74 Å². The Morgan fingerprint density at radius 2 is 1.24 bits per heavy atom. The van der Waals surface area contributed by atoms with Crippen LogP contribution in [0.2, 0.25) is 0 Å². The number of hydrogen-bond acceptors (Lipinski definition) is 3. The Kier molecular flexibility index (Phi) is 15.0. The van der Waals surface area contributed by atoms with Crippen LogP contribution in [0.3, 0.4) is 0 Å². The van der Waals surface area contributed by atoms with Gasteiger partial charge in [0.2, 0.25) is 0 Å². The number of benzene rings is 1. The average molecular weight is 459 g/mol. The molecule has 1 aliphatic rings. The standard InChI is InChI=1S/C30H50O3/c1-3-5-7-9-11-14-26-16-18-27(19-17-26)15-13-25-32-29-22-20-28(21-23-29)30(31)33-24-12-10-8-6-4-2/h20-23,26-27H,3-19,24-25H2,1-2H3/t26-,27-. The molecule has 1 aliphatic carbocycles. The maximum Gasteiger partial charge on any atom is 0.338 e. The van der Waals surface area contributed by atoms with Gasteiger partial charge in [0, 0.05) is 0 Å². The fourth-order valence-electron chi connectivity index (χ4n) is 5.05. The molecule has 2 rings (SSSR count). The van der Waals surface area contributed by atoms with Crippen LogP contribution in [-0.4, -0.2) is 19.2 Å². The van der Waals surface area contributed by atoms with Crippen LogP contribution in [0.1, 0.15) is 133 Å². The van der Waals surface area contributed by atoms with Crippen molar-refractivity contribution in [2.75, 3.05) is 13.2 Å². The second-order valence-electron chi connectivity index (χ2n) is 10.2. The molecule has 188 valence electrons. The first kappa shape index (κ1) is 27.7. The molecule has 33 heavy (non-hydrogen) atoms. The van der Waals surface area contributed by atoms with E-state index in [1.165, 1.54) is 89.9 Å². The van der Waals surface area contributed by atoms with E-state index < -0.39 is 0 Å². The molecule has 0 amide bonds. The number of ether oxygens (including phenoxy) is 2. The predicted molar refractivity (Wildman–Crippen MR) is 139 cm³/mol. The molecule has 1 saturated carbocycles. The van der Waals surface area contributed by atoms with Crippen molar-refractivity contribution in [2.45, 2.75) is 123 Å². The molecule has 1 aromatic carbocycles. The van der Waals surface area contributed by atoms with Gasteiger partial charge < -0.3 is 9.47 Å². The number of rotatable bonds is 18. The molecule has 3 nitrogen and oxygen atoms in total. The van der Waals surface area contributed by atoms with Gasteiger partial charge in [0.25, 0.3) is 0 Å². The molecule has 0 aromatic heterocycles. The third-order valence-corrected chi connectivity index (χ3v) is 7.28. The smallest absolute Gasteiger partial charge is 0.338 e. The van der Waals surface area contributed by atoms with Crippen LogP contribution in [0.15, 0.2) is 24.3 Å². The summed E-state index contributed by atoms with van der Waals surface area (Å²) in [6.07, 6.45) is 22.4. The molecule has 0 radical (unpaired) electrons. The van der Waals surface area contributed by atoms with Crippen LogP contribution in [0.5, 0.6) is 5.75 Å². The topological polar surface area (TPSA) is 35.5 Å². The first-order valence-corrected chi connectivity index (χ1v) is 14.1. The van der Waals surface area contributed by atoms with Crippen LogP contribution in [0, 0.1) is 11.8 Å². The van der Waals surface area contributed by atoms with Crippen molar-refractivity contribution in [3.05, 3.63) is 29.8 Å². The van der Waals surface area contributed by atoms with E-state index in [-0.39, 0.29) is 5.97 Å². The molecule has 0 unspecified atom stereocenters. The van der Waals surface area contributed by atoms with Gasteiger partial charge in [-0.1, -0.05) is 104 Å². The van der Waals surface area contributed by atoms with Crippen LogP contribution in [0.25, 0.3) is 0 Å². The fraction of sp³-hybridized carbons (Fsp3) is 0.767. The molecule has 1 fully saturated rings. The van der Waals surface area contributed by atoms with Crippen molar-refractivity contribution >= 4 is 5.97 Å². The van der Waals surface area contributed by atoms with E-state index in [1.54, 1.807) is 0 Å². The molecule has 0 saturated heterocycles. The minimum Gasteiger partial charge on any atom is -0.494 e. The van der Waals surface area contributed by atoms with E-state index in [1.807, 2.05) is 24.3 Å². The Morgan fingerprint density at radius 3 is 1.85 bits per heavy atom. The van der Waals surface area contributed by atoms with Gasteiger partial charge in [0.15, 0.2) is 0 Å². The van der Waals surface area contributed by atoms with Crippen molar-refractivity contribution in [3.63, 3.8) is 0 Å². The molecule has 0 bridgehead atoms. The van der Waals surface area contributed by atoms with Gasteiger partial charge in [-0.3, -0.25) is 0 Å². The lowest BCUT2D eigenvalue weighted by molar-refractivity contribution is 0.0497. The van der Waals surface area contributed by atoms with Crippen molar-refractivity contribution in [1.29, 1.82) is 0 Å². The van der Waals surface area contributed by atoms with Crippen LogP contribution in [0.4, 0.5) is 0 Å². The van der Waals surface area contributed by atoms with Crippen molar-refractivity contribution < 1.29 is 14.3 Å². The second-order valence-corrected chi connectivity index (χ2v) is 10.2. The lowest BCUT2D eigenvalue weighted by Crippen LogP contribution is -2.15. The number of carbonyl (C=O) groups is 1. The summed E-state index contributed by atoms with van der Waals surface area (Å²) in [4.78, 5) is 12.1. The largest absolute Gasteiger partial charge is 0.494 e. The maximum absolute atomic E-state index is 12.1. The summed E-state index contributed by atoms with van der Waals surface area (Å²) in [5.41, 5.74) is 0.609. The Balaban J connectivity index is 1.51. The summed E-state index contributed by atoms with van der Waals surface area (Å²) in [5, 5.41) is 0. The molecular weight excluding hydrogens is 408 g/mol. The third kappa shape index (κ3) is 12.5. The first-order chi connectivity index (χ1) is 16.2. The van der Waals surface area contributed by atoms with Gasteiger partial charge in [-0.15, -0.1) is 0 Å². The highest BCUT2D eigenvalue weighted by Gasteiger charge is 2.20. The SMILES string of the molecule is CCCCCCCOC(=O)c1ccc(OCCC[C@H]2CC[C@H](CCCCCCC)CC2)cc1. The quantitative estimate of drug-likeness (QED) is 0.162. The molecule has 3 heteroatoms. The van der Waals surface area contributed by atoms with E-state index in [0.29, 0.717) is 12.2 Å². The molecule has 0 N–H and O–H groups in total. The molecule has 0 aliphatic heterocycles. The van der Waals surface area contributed by atoms with Gasteiger partial charge in [0.1, 0.15) is 5.75 Å². The second kappa shape index (κ2) is 17.9. The predicted octanol–water partition coefficient (Wildman–Crippen LogP) is 9.14. The van der Waals surface area contributed by atoms with Crippen molar-refractivity contribution in [1.82, 2.24) is 0 Å². The van der Waals surface area contributed by atoms with E-state index >= 15 is 0 Å². The lowest BCUT2D eigenvalue weighted by Gasteiger charge is -2.28. The number of hydrogen-bond donors (Lipinski definition) is 0. The zero-order valence-electron chi connectivity index (χ0n) is 21.6. The molecular formula is C30H50O3. The van der Waals surface area contributed by atoms with Gasteiger partial charge in [-0.25, -0.2) is 4.79 Å². The third-order valence-electron chi connectivity index (χ3n) is 7.28. The maximum atomic E-state index is 12.1. The number of carbonyl (C=O) groups excluding carboxylic acids is 1. The van der Waals surface area contributed by atoms with Gasteiger partial charge in [-0.2, -0.15) is 0 Å². The van der Waals surface area contributed by atoms with Crippen LogP contribution >= 0.6 is 0 Å². The molecule has 0 atom stereocenters. The summed E-state index contributed by atoms with van der Waals surface area (Å²) in [6.45, 7) is 5.77. The Morgan fingerprint density at radius 1 is 0.697 bits per heavy atom. The minimum absolute atomic E-state index is 0.228. The van der Waals surface area contributed by atoms with Gasteiger partial charge in [-0.05, 0) is 55.4 Å². The monoisotopic (exact) mass is 458 g/mol. The van der Waals surface area contributed by atoms with Crippen LogP contribution in [-0.2, 0) is 4.74 Å². The summed E-state index contributed by atoms with van der Waals surface area (Å²) in [5.74, 6) is 2.50. The molecule has 1 aromatic rings. The number of unbranched alkanes of at least 4 members (excludes halogenated alkanes) is 8. The Bertz CT molecular complexity index is 601. The van der Waals surface area contributed by atoms with Gasteiger partial charge >= 0.3 is 5.97 Å². The minimum atomic E-state index is -0.228.